The van der Waals surface area contributed by atoms with Crippen LogP contribution in [0.2, 0.25) is 0 Å². The Labute approximate surface area is 91.4 Å². The van der Waals surface area contributed by atoms with Gasteiger partial charge in [-0.15, -0.1) is 0 Å². The first kappa shape index (κ1) is 10.9. The Morgan fingerprint density at radius 3 is 2.20 bits per heavy atom. The number of hydrogen-bond donors (Lipinski definition) is 1. The fraction of sp³-hybridized carbons (Fsp3) is 0.909. The third-order valence-electron chi connectivity index (χ3n) is 3.58. The van der Waals surface area contributed by atoms with Crippen LogP contribution < -0.4 is 5.84 Å². The summed E-state index contributed by atoms with van der Waals surface area (Å²) in [7, 11) is 0. The second-order valence-corrected chi connectivity index (χ2v) is 4.70. The summed E-state index contributed by atoms with van der Waals surface area (Å²) in [5, 5.41) is 1.80. The zero-order chi connectivity index (χ0) is 10.7. The molecule has 0 spiro atoms. The molecule has 15 heavy (non-hydrogen) atoms. The maximum Gasteiger partial charge on any atom is 0.225 e. The topological polar surface area (TPSA) is 49.6 Å². The van der Waals surface area contributed by atoms with Gasteiger partial charge in [0, 0.05) is 32.1 Å². The van der Waals surface area contributed by atoms with Crippen LogP contribution in [0.15, 0.2) is 0 Å². The molecule has 2 aliphatic rings. The Hall–Kier alpha value is -0.610. The number of amides is 1. The summed E-state index contributed by atoms with van der Waals surface area (Å²) < 4.78 is 0. The van der Waals surface area contributed by atoms with Crippen molar-refractivity contribution in [3.8, 4) is 0 Å². The zero-order valence-electron chi connectivity index (χ0n) is 9.32. The van der Waals surface area contributed by atoms with Crippen LogP contribution in [-0.4, -0.2) is 42.0 Å². The quantitative estimate of drug-likeness (QED) is 0.646. The van der Waals surface area contributed by atoms with Gasteiger partial charge in [0.25, 0.3) is 0 Å². The molecule has 0 aromatic carbocycles. The molecule has 0 radical (unpaired) electrons. The van der Waals surface area contributed by atoms with Gasteiger partial charge in [0.05, 0.1) is 0 Å². The Morgan fingerprint density at radius 1 is 1.00 bits per heavy atom. The van der Waals surface area contributed by atoms with Crippen molar-refractivity contribution in [3.63, 3.8) is 0 Å². The van der Waals surface area contributed by atoms with Crippen LogP contribution in [0.5, 0.6) is 0 Å². The second-order valence-electron chi connectivity index (χ2n) is 4.70. The smallest absolute Gasteiger partial charge is 0.225 e. The number of nitrogens with zero attached hydrogens (tertiary/aromatic N) is 2. The van der Waals surface area contributed by atoms with Crippen LogP contribution >= 0.6 is 0 Å². The lowest BCUT2D eigenvalue weighted by atomic mass is 9.88. The average molecular weight is 211 g/mol. The molecule has 2 N–H and O–H groups in total. The molecule has 2 fully saturated rings. The van der Waals surface area contributed by atoms with E-state index in [0.717, 1.165) is 39.0 Å². The molecule has 0 atom stereocenters. The van der Waals surface area contributed by atoms with Gasteiger partial charge in [0.2, 0.25) is 5.91 Å². The SMILES string of the molecule is NN1CCN(C(=O)C2CCCCC2)CC1. The summed E-state index contributed by atoms with van der Waals surface area (Å²) in [5.41, 5.74) is 0. The van der Waals surface area contributed by atoms with E-state index >= 15 is 0 Å². The van der Waals surface area contributed by atoms with Crippen molar-refractivity contribution >= 4 is 5.91 Å². The Kier molecular flexibility index (Phi) is 3.59. The summed E-state index contributed by atoms with van der Waals surface area (Å²) in [4.78, 5) is 14.1. The van der Waals surface area contributed by atoms with E-state index in [1.807, 2.05) is 4.90 Å². The predicted octanol–water partition coefficient (Wildman–Crippen LogP) is 0.585. The fourth-order valence-electron chi connectivity index (χ4n) is 2.55. The van der Waals surface area contributed by atoms with Gasteiger partial charge >= 0.3 is 0 Å². The van der Waals surface area contributed by atoms with Gasteiger partial charge in [-0.1, -0.05) is 19.3 Å². The van der Waals surface area contributed by atoms with Crippen molar-refractivity contribution in [1.29, 1.82) is 0 Å². The van der Waals surface area contributed by atoms with Crippen LogP contribution in [0.1, 0.15) is 32.1 Å². The number of nitrogens with two attached hydrogens (primary N) is 1. The molecule has 1 saturated carbocycles. The molecule has 1 aliphatic carbocycles. The minimum absolute atomic E-state index is 0.308. The van der Waals surface area contributed by atoms with Crippen LogP contribution in [-0.2, 0) is 4.79 Å². The third-order valence-corrected chi connectivity index (χ3v) is 3.58. The molecule has 2 rings (SSSR count). The van der Waals surface area contributed by atoms with E-state index in [-0.39, 0.29) is 0 Å². The molecule has 1 aliphatic heterocycles. The zero-order valence-corrected chi connectivity index (χ0v) is 9.32. The van der Waals surface area contributed by atoms with E-state index in [9.17, 15) is 4.79 Å². The van der Waals surface area contributed by atoms with Crippen molar-refractivity contribution in [1.82, 2.24) is 9.91 Å². The summed E-state index contributed by atoms with van der Waals surface area (Å²) in [6.45, 7) is 3.26. The lowest BCUT2D eigenvalue weighted by molar-refractivity contribution is -0.138. The monoisotopic (exact) mass is 211 g/mol. The molecular weight excluding hydrogens is 190 g/mol. The highest BCUT2D eigenvalue weighted by atomic mass is 16.2. The minimum Gasteiger partial charge on any atom is -0.340 e. The number of rotatable bonds is 1. The first-order valence-corrected chi connectivity index (χ1v) is 6.06. The Balaban J connectivity index is 1.84. The van der Waals surface area contributed by atoms with Crippen LogP contribution in [0.4, 0.5) is 0 Å². The molecule has 0 bridgehead atoms. The molecule has 0 unspecified atom stereocenters. The van der Waals surface area contributed by atoms with Crippen molar-refractivity contribution < 1.29 is 4.79 Å². The third kappa shape index (κ3) is 2.69. The van der Waals surface area contributed by atoms with E-state index < -0.39 is 0 Å². The van der Waals surface area contributed by atoms with E-state index in [0.29, 0.717) is 11.8 Å². The molecule has 4 nitrogen and oxygen atoms in total. The minimum atomic E-state index is 0.308. The standard InChI is InChI=1S/C11H21N3O/c12-14-8-6-13(7-9-14)11(15)10-4-2-1-3-5-10/h10H,1-9,12H2. The van der Waals surface area contributed by atoms with Gasteiger partial charge in [-0.3, -0.25) is 10.6 Å². The molecule has 0 aromatic rings. The Morgan fingerprint density at radius 2 is 1.60 bits per heavy atom. The highest BCUT2D eigenvalue weighted by Gasteiger charge is 2.27. The predicted molar refractivity (Wildman–Crippen MR) is 58.9 cm³/mol. The number of hydrazine groups is 1. The molecule has 1 amide bonds. The highest BCUT2D eigenvalue weighted by Crippen LogP contribution is 2.25. The van der Waals surface area contributed by atoms with Crippen molar-refractivity contribution in [2.75, 3.05) is 26.2 Å². The summed E-state index contributed by atoms with van der Waals surface area (Å²) in [5.74, 6) is 6.36. The molecule has 86 valence electrons. The normalized spacial score (nSPS) is 25.5. The van der Waals surface area contributed by atoms with Crippen molar-refractivity contribution in [3.05, 3.63) is 0 Å². The van der Waals surface area contributed by atoms with Crippen molar-refractivity contribution in [2.24, 2.45) is 11.8 Å². The van der Waals surface area contributed by atoms with Gasteiger partial charge in [0.15, 0.2) is 0 Å². The highest BCUT2D eigenvalue weighted by molar-refractivity contribution is 5.79. The number of piperazine rings is 1. The number of carbonyl (C=O) groups excluding carboxylic acids is 1. The van der Waals surface area contributed by atoms with E-state index in [2.05, 4.69) is 0 Å². The molecule has 1 saturated heterocycles. The first-order chi connectivity index (χ1) is 7.27. The summed E-state index contributed by atoms with van der Waals surface area (Å²) >= 11 is 0. The maximum absolute atomic E-state index is 12.1. The first-order valence-electron chi connectivity index (χ1n) is 6.06. The van der Waals surface area contributed by atoms with Crippen LogP contribution in [0, 0.1) is 5.92 Å². The molecular formula is C11H21N3O. The van der Waals surface area contributed by atoms with Gasteiger partial charge in [0.1, 0.15) is 0 Å². The van der Waals surface area contributed by atoms with Gasteiger partial charge in [-0.05, 0) is 12.8 Å². The lowest BCUT2D eigenvalue weighted by Crippen LogP contribution is -2.52. The number of carbonyl (C=O) groups is 1. The average Bonchev–Trinajstić information content (AvgIpc) is 2.30. The van der Waals surface area contributed by atoms with E-state index in [1.165, 1.54) is 19.3 Å². The lowest BCUT2D eigenvalue weighted by Gasteiger charge is -2.35. The van der Waals surface area contributed by atoms with Crippen LogP contribution in [0.3, 0.4) is 0 Å². The van der Waals surface area contributed by atoms with Crippen molar-refractivity contribution in [2.45, 2.75) is 32.1 Å². The Bertz CT molecular complexity index is 218. The summed E-state index contributed by atoms with van der Waals surface area (Å²) in [6.07, 6.45) is 5.96. The fourth-order valence-corrected chi connectivity index (χ4v) is 2.55. The number of hydrogen-bond acceptors (Lipinski definition) is 3. The molecule has 1 heterocycles. The van der Waals surface area contributed by atoms with Gasteiger partial charge in [-0.25, -0.2) is 5.01 Å². The van der Waals surface area contributed by atoms with E-state index in [1.54, 1.807) is 5.01 Å². The van der Waals surface area contributed by atoms with Crippen LogP contribution in [0.25, 0.3) is 0 Å². The second kappa shape index (κ2) is 4.94. The largest absolute Gasteiger partial charge is 0.340 e. The van der Waals surface area contributed by atoms with Gasteiger partial charge in [-0.2, -0.15) is 0 Å². The summed E-state index contributed by atoms with van der Waals surface area (Å²) in [6, 6.07) is 0. The molecule has 0 aromatic heterocycles. The molecule has 4 heteroatoms. The maximum atomic E-state index is 12.1. The van der Waals surface area contributed by atoms with E-state index in [4.69, 9.17) is 5.84 Å². The van der Waals surface area contributed by atoms with Gasteiger partial charge < -0.3 is 4.90 Å².